The first kappa shape index (κ1) is 30.2. The van der Waals surface area contributed by atoms with Crippen LogP contribution in [0, 0.1) is 11.8 Å². The highest BCUT2D eigenvalue weighted by molar-refractivity contribution is 6.03. The maximum atomic E-state index is 14.5. The highest BCUT2D eigenvalue weighted by Crippen LogP contribution is 2.56. The molecule has 3 fully saturated rings. The number of rotatable bonds is 10. The molecule has 2 saturated heterocycles. The van der Waals surface area contributed by atoms with Crippen molar-refractivity contribution in [1.82, 2.24) is 10.2 Å². The Morgan fingerprint density at radius 2 is 1.59 bits per heavy atom. The van der Waals surface area contributed by atoms with Gasteiger partial charge in [0, 0.05) is 17.8 Å². The monoisotopic (exact) mass is 619 g/mol. The first-order chi connectivity index (χ1) is 22.4. The third-order valence-electron chi connectivity index (χ3n) is 10.1. The topological polar surface area (TPSA) is 97.0 Å². The van der Waals surface area contributed by atoms with Gasteiger partial charge in [0.25, 0.3) is 0 Å². The molecule has 3 aromatic rings. The summed E-state index contributed by atoms with van der Waals surface area (Å²) in [5.74, 6) is -0.847. The van der Waals surface area contributed by atoms with E-state index in [1.807, 2.05) is 67.6 Å². The van der Waals surface area contributed by atoms with E-state index < -0.39 is 29.6 Å². The van der Waals surface area contributed by atoms with E-state index in [0.29, 0.717) is 17.9 Å². The number of likely N-dealkylation sites (tertiary alicyclic amines) is 1. The number of hydrogen-bond donors (Lipinski definition) is 2. The molecule has 2 N–H and O–H groups in total. The number of fused-ring (bicyclic) bond motifs is 1. The second kappa shape index (κ2) is 12.8. The fourth-order valence-corrected chi connectivity index (χ4v) is 7.82. The van der Waals surface area contributed by atoms with E-state index in [4.69, 9.17) is 9.47 Å². The van der Waals surface area contributed by atoms with Gasteiger partial charge in [-0.2, -0.15) is 0 Å². The first-order valence-corrected chi connectivity index (χ1v) is 16.6. The summed E-state index contributed by atoms with van der Waals surface area (Å²) >= 11 is 0. The van der Waals surface area contributed by atoms with Crippen LogP contribution in [-0.4, -0.2) is 52.5 Å². The van der Waals surface area contributed by atoms with E-state index >= 15 is 0 Å². The lowest BCUT2D eigenvalue weighted by Gasteiger charge is -2.36. The Labute approximate surface area is 270 Å². The maximum Gasteiger partial charge on any atom is 0.246 e. The molecule has 3 amide bonds. The van der Waals surface area contributed by atoms with Gasteiger partial charge >= 0.3 is 0 Å². The van der Waals surface area contributed by atoms with Crippen LogP contribution >= 0.6 is 0 Å². The van der Waals surface area contributed by atoms with Gasteiger partial charge in [-0.25, -0.2) is 0 Å². The van der Waals surface area contributed by atoms with Crippen molar-refractivity contribution < 1.29 is 23.9 Å². The Kier molecular flexibility index (Phi) is 8.38. The summed E-state index contributed by atoms with van der Waals surface area (Å²) in [4.78, 5) is 44.3. The Morgan fingerprint density at radius 1 is 0.913 bits per heavy atom. The molecule has 238 valence electrons. The van der Waals surface area contributed by atoms with Crippen LogP contribution in [0.1, 0.15) is 51.0 Å². The number of aryl methyl sites for hydroxylation is 1. The predicted molar refractivity (Wildman–Crippen MR) is 175 cm³/mol. The molecule has 8 heteroatoms. The highest BCUT2D eigenvalue weighted by Gasteiger charge is 2.73. The smallest absolute Gasteiger partial charge is 0.246 e. The molecule has 2 bridgehead atoms. The number of amides is 3. The van der Waals surface area contributed by atoms with Crippen molar-refractivity contribution in [2.24, 2.45) is 11.8 Å². The van der Waals surface area contributed by atoms with Gasteiger partial charge in [-0.1, -0.05) is 79.9 Å². The minimum Gasteiger partial charge on any atom is -0.457 e. The zero-order valence-corrected chi connectivity index (χ0v) is 26.1. The normalized spacial score (nSPS) is 27.3. The van der Waals surface area contributed by atoms with Crippen LogP contribution < -0.4 is 15.4 Å². The van der Waals surface area contributed by atoms with Crippen LogP contribution in [0.25, 0.3) is 0 Å². The van der Waals surface area contributed by atoms with Crippen molar-refractivity contribution in [3.63, 3.8) is 0 Å². The highest BCUT2D eigenvalue weighted by atomic mass is 16.5. The molecule has 3 heterocycles. The van der Waals surface area contributed by atoms with Crippen LogP contribution in [0.4, 0.5) is 5.69 Å². The second-order valence-electron chi connectivity index (χ2n) is 13.1. The fourth-order valence-electron chi connectivity index (χ4n) is 7.82. The van der Waals surface area contributed by atoms with Crippen LogP contribution in [-0.2, 0) is 25.5 Å². The van der Waals surface area contributed by atoms with Crippen molar-refractivity contribution in [3.8, 4) is 11.5 Å². The maximum absolute atomic E-state index is 14.5. The van der Waals surface area contributed by atoms with Crippen molar-refractivity contribution >= 4 is 23.4 Å². The fraction of sp³-hybridized carbons (Fsp3) is 0.395. The van der Waals surface area contributed by atoms with Gasteiger partial charge in [-0.3, -0.25) is 14.4 Å². The number of anilines is 1. The molecule has 3 aliphatic heterocycles. The number of ether oxygens (including phenoxy) is 2. The molecule has 1 aliphatic carbocycles. The summed E-state index contributed by atoms with van der Waals surface area (Å²) in [5.41, 5.74) is 0.588. The number of nitrogens with zero attached hydrogens (tertiary/aromatic N) is 1. The molecule has 46 heavy (non-hydrogen) atoms. The van der Waals surface area contributed by atoms with Gasteiger partial charge in [-0.15, -0.1) is 0 Å². The van der Waals surface area contributed by atoms with Crippen LogP contribution in [0.15, 0.2) is 97.1 Å². The number of para-hydroxylation sites is 1. The minimum atomic E-state index is -1.18. The van der Waals surface area contributed by atoms with E-state index in [2.05, 4.69) is 22.8 Å². The summed E-state index contributed by atoms with van der Waals surface area (Å²) < 4.78 is 12.5. The predicted octanol–water partition coefficient (Wildman–Crippen LogP) is 6.04. The molecular formula is C38H41N3O5. The standard InChI is InChI=1S/C38H41N3O5/c1-25(17-18-26-11-5-2-6-12-26)41-34(36(43)40-27-13-7-3-8-14-27)38-24-23-31(46-38)32(33(38)37(41)44)35(42)39-28-19-21-30(22-20-28)45-29-15-9-4-10-16-29/h2,4-6,9-12,15-16,19-25,27,31-34H,3,7-8,13-14,17-18H2,1H3,(H,39,42)(H,40,43). The molecule has 6 unspecified atom stereocenters. The quantitative estimate of drug-likeness (QED) is 0.270. The number of carbonyl (C=O) groups excluding carboxylic acids is 3. The van der Waals surface area contributed by atoms with Crippen molar-refractivity contribution in [2.75, 3.05) is 5.32 Å². The van der Waals surface area contributed by atoms with E-state index in [1.54, 1.807) is 29.2 Å². The number of hydrogen-bond acceptors (Lipinski definition) is 5. The third-order valence-corrected chi connectivity index (χ3v) is 10.1. The number of carbonyl (C=O) groups is 3. The average molecular weight is 620 g/mol. The zero-order chi connectivity index (χ0) is 31.7. The van der Waals surface area contributed by atoms with Crippen LogP contribution in [0.5, 0.6) is 11.5 Å². The lowest BCUT2D eigenvalue weighted by atomic mass is 9.74. The van der Waals surface area contributed by atoms with E-state index in [9.17, 15) is 14.4 Å². The van der Waals surface area contributed by atoms with Gasteiger partial charge in [0.2, 0.25) is 17.7 Å². The van der Waals surface area contributed by atoms with E-state index in [1.165, 1.54) is 12.0 Å². The number of nitrogens with one attached hydrogen (secondary N) is 2. The molecule has 4 aliphatic rings. The molecule has 3 aromatic carbocycles. The Morgan fingerprint density at radius 3 is 2.30 bits per heavy atom. The van der Waals surface area contributed by atoms with E-state index in [0.717, 1.165) is 37.9 Å². The molecule has 8 nitrogen and oxygen atoms in total. The van der Waals surface area contributed by atoms with Gasteiger partial charge in [-0.05, 0) is 74.6 Å². The SMILES string of the molecule is CC(CCc1ccccc1)N1C(=O)C2C(C(=O)Nc3ccc(Oc4ccccc4)cc3)C3C=CC2(O3)C1C(=O)NC1CCCCC1. The van der Waals surface area contributed by atoms with Gasteiger partial charge < -0.3 is 25.0 Å². The second-order valence-corrected chi connectivity index (χ2v) is 13.1. The Hall–Kier alpha value is -4.43. The molecular weight excluding hydrogens is 578 g/mol. The minimum absolute atomic E-state index is 0.0868. The summed E-state index contributed by atoms with van der Waals surface area (Å²) in [5, 5.41) is 6.29. The average Bonchev–Trinajstić information content (AvgIpc) is 3.73. The van der Waals surface area contributed by atoms with Gasteiger partial charge in [0.1, 0.15) is 23.1 Å². The summed E-state index contributed by atoms with van der Waals surface area (Å²) in [6.45, 7) is 2.00. The van der Waals surface area contributed by atoms with Gasteiger partial charge in [0.05, 0.1) is 17.9 Å². The van der Waals surface area contributed by atoms with Crippen molar-refractivity contribution in [1.29, 1.82) is 0 Å². The molecule has 6 atom stereocenters. The van der Waals surface area contributed by atoms with E-state index in [-0.39, 0.29) is 29.8 Å². The van der Waals surface area contributed by atoms with Crippen molar-refractivity contribution in [2.45, 2.75) is 81.7 Å². The van der Waals surface area contributed by atoms with Crippen LogP contribution in [0.3, 0.4) is 0 Å². The molecule has 0 radical (unpaired) electrons. The Balaban J connectivity index is 1.12. The number of benzene rings is 3. The van der Waals surface area contributed by atoms with Crippen LogP contribution in [0.2, 0.25) is 0 Å². The van der Waals surface area contributed by atoms with Gasteiger partial charge in [0.15, 0.2) is 0 Å². The summed E-state index contributed by atoms with van der Waals surface area (Å²) in [7, 11) is 0. The molecule has 1 spiro atoms. The lowest BCUT2D eigenvalue weighted by Crippen LogP contribution is -2.58. The summed E-state index contributed by atoms with van der Waals surface area (Å²) in [6, 6.07) is 25.8. The molecule has 7 rings (SSSR count). The summed E-state index contributed by atoms with van der Waals surface area (Å²) in [6.07, 6.45) is 9.84. The Bertz CT molecular complexity index is 1590. The molecule has 0 aromatic heterocycles. The lowest BCUT2D eigenvalue weighted by molar-refractivity contribution is -0.143. The molecule has 1 saturated carbocycles. The van der Waals surface area contributed by atoms with Crippen molar-refractivity contribution in [3.05, 3.63) is 103 Å². The zero-order valence-electron chi connectivity index (χ0n) is 26.1. The third kappa shape index (κ3) is 5.71. The largest absolute Gasteiger partial charge is 0.457 e. The first-order valence-electron chi connectivity index (χ1n) is 16.6.